The average Bonchev–Trinajstić information content (AvgIpc) is 3.05. The number of benzene rings is 1. The van der Waals surface area contributed by atoms with Crippen molar-refractivity contribution < 1.29 is 9.18 Å². The van der Waals surface area contributed by atoms with Crippen molar-refractivity contribution in [2.45, 2.75) is 87.0 Å². The van der Waals surface area contributed by atoms with E-state index in [4.69, 9.17) is 11.6 Å². The highest BCUT2D eigenvalue weighted by atomic mass is 35.5. The molecule has 0 fully saturated rings. The molecule has 0 bridgehead atoms. The number of carbonyl (C=O) groups excluding carboxylic acids is 1. The van der Waals surface area contributed by atoms with Crippen LogP contribution in [0.2, 0.25) is 5.02 Å². The maximum Gasteiger partial charge on any atom is 0.178 e. The van der Waals surface area contributed by atoms with Crippen LogP contribution in [-0.2, 0) is 19.9 Å². The van der Waals surface area contributed by atoms with E-state index < -0.39 is 0 Å². The Labute approximate surface area is 212 Å². The van der Waals surface area contributed by atoms with Gasteiger partial charge in [0.05, 0.1) is 5.69 Å². The molecule has 0 unspecified atom stereocenters. The Morgan fingerprint density at radius 2 is 1.76 bits per heavy atom. The van der Waals surface area contributed by atoms with Crippen LogP contribution in [-0.4, -0.2) is 33.6 Å². The second kappa shape index (κ2) is 17.3. The van der Waals surface area contributed by atoms with E-state index in [1.54, 1.807) is 23.7 Å². The molecule has 0 radical (unpaired) electrons. The Balaban J connectivity index is 0.000000485. The molecule has 0 N–H and O–H groups in total. The summed E-state index contributed by atoms with van der Waals surface area (Å²) >= 11 is 5.69. The summed E-state index contributed by atoms with van der Waals surface area (Å²) in [4.78, 5) is 13.6. The number of nitrogens with zero attached hydrogens (tertiary/aromatic N) is 3. The molecule has 6 heteroatoms. The summed E-state index contributed by atoms with van der Waals surface area (Å²) in [6, 6.07) is 4.73. The van der Waals surface area contributed by atoms with Gasteiger partial charge in [0.25, 0.3) is 0 Å². The van der Waals surface area contributed by atoms with Gasteiger partial charge >= 0.3 is 0 Å². The number of hydrogen-bond acceptors (Lipinski definition) is 3. The fraction of sp³-hybridized carbons (Fsp3) is 0.571. The van der Waals surface area contributed by atoms with Gasteiger partial charge in [-0.2, -0.15) is 5.10 Å². The standard InChI is InChI=1S/C10H16N2O.C10H21N.C8H8ClF/c1-5-6-9-7(2)10(8(3)13)12(4)11-9;1-5-7-9-11(8-6-2)10(3)4;1-2-6-7(9)4-3-5-8(6)10/h5-6H2,1-4H3;3,5-9H2,1-2,4H3;3-5H,2H2,1H3. The molecule has 192 valence electrons. The SMILES string of the molecule is C=C(C)N(CCC)CCCC.CCCc1nn(C)c(C(C)=O)c1C.CCc1c(F)cccc1Cl. The van der Waals surface area contributed by atoms with E-state index in [2.05, 4.69) is 44.3 Å². The van der Waals surface area contributed by atoms with Crippen molar-refractivity contribution in [3.8, 4) is 0 Å². The zero-order valence-electron chi connectivity index (χ0n) is 22.6. The number of hydrogen-bond donors (Lipinski definition) is 0. The Bertz CT molecular complexity index is 872. The summed E-state index contributed by atoms with van der Waals surface area (Å²) in [5.41, 5.74) is 4.64. The van der Waals surface area contributed by atoms with Crippen LogP contribution in [0.15, 0.2) is 30.5 Å². The van der Waals surface area contributed by atoms with Crippen LogP contribution in [0, 0.1) is 12.7 Å². The predicted octanol–water partition coefficient (Wildman–Crippen LogP) is 7.96. The van der Waals surface area contributed by atoms with E-state index in [0.717, 1.165) is 36.3 Å². The molecular weight excluding hydrogens is 449 g/mol. The molecule has 0 amide bonds. The highest BCUT2D eigenvalue weighted by Crippen LogP contribution is 2.18. The zero-order valence-corrected chi connectivity index (χ0v) is 23.4. The van der Waals surface area contributed by atoms with Crippen molar-refractivity contribution in [1.82, 2.24) is 14.7 Å². The minimum Gasteiger partial charge on any atom is -0.376 e. The van der Waals surface area contributed by atoms with Crippen molar-refractivity contribution in [3.05, 3.63) is 63.8 Å². The van der Waals surface area contributed by atoms with Crippen molar-refractivity contribution in [2.75, 3.05) is 13.1 Å². The van der Waals surface area contributed by atoms with Crippen LogP contribution in [0.5, 0.6) is 0 Å². The second-order valence-electron chi connectivity index (χ2n) is 8.48. The predicted molar refractivity (Wildman–Crippen MR) is 144 cm³/mol. The number of aromatic nitrogens is 2. The van der Waals surface area contributed by atoms with Crippen LogP contribution in [0.3, 0.4) is 0 Å². The summed E-state index contributed by atoms with van der Waals surface area (Å²) in [5, 5.41) is 4.83. The number of halogens is 2. The minimum absolute atomic E-state index is 0.0925. The summed E-state index contributed by atoms with van der Waals surface area (Å²) < 4.78 is 14.4. The Morgan fingerprint density at radius 3 is 2.15 bits per heavy atom. The maximum absolute atomic E-state index is 12.8. The van der Waals surface area contributed by atoms with E-state index in [0.29, 0.717) is 17.0 Å². The summed E-state index contributed by atoms with van der Waals surface area (Å²) in [5.74, 6) is -0.121. The summed E-state index contributed by atoms with van der Waals surface area (Å²) in [6.45, 7) is 20.4. The van der Waals surface area contributed by atoms with E-state index in [9.17, 15) is 9.18 Å². The van der Waals surface area contributed by atoms with E-state index >= 15 is 0 Å². The zero-order chi connectivity index (χ0) is 26.3. The van der Waals surface area contributed by atoms with Gasteiger partial charge in [0.2, 0.25) is 0 Å². The topological polar surface area (TPSA) is 38.1 Å². The third kappa shape index (κ3) is 10.9. The van der Waals surface area contributed by atoms with Gasteiger partial charge in [-0.05, 0) is 51.7 Å². The maximum atomic E-state index is 12.8. The van der Waals surface area contributed by atoms with Crippen LogP contribution in [0.1, 0.15) is 94.5 Å². The second-order valence-corrected chi connectivity index (χ2v) is 8.89. The first-order valence-electron chi connectivity index (χ1n) is 12.4. The van der Waals surface area contributed by atoms with Crippen molar-refractivity contribution >= 4 is 17.4 Å². The molecule has 0 spiro atoms. The molecule has 1 heterocycles. The third-order valence-electron chi connectivity index (χ3n) is 5.43. The Kier molecular flexibility index (Phi) is 16.2. The van der Waals surface area contributed by atoms with E-state index in [1.807, 2.05) is 20.9 Å². The fourth-order valence-corrected chi connectivity index (χ4v) is 3.93. The molecule has 0 aliphatic heterocycles. The molecule has 0 atom stereocenters. The summed E-state index contributed by atoms with van der Waals surface area (Å²) in [6.07, 6.45) is 6.44. The lowest BCUT2D eigenvalue weighted by atomic mass is 10.1. The van der Waals surface area contributed by atoms with Crippen LogP contribution >= 0.6 is 11.6 Å². The number of allylic oxidation sites excluding steroid dienone is 1. The van der Waals surface area contributed by atoms with E-state index in [-0.39, 0.29) is 11.6 Å². The molecule has 0 aliphatic rings. The van der Waals surface area contributed by atoms with Crippen molar-refractivity contribution in [3.63, 3.8) is 0 Å². The average molecular weight is 494 g/mol. The molecule has 0 saturated heterocycles. The Hall–Kier alpha value is -2.14. The highest BCUT2D eigenvalue weighted by Gasteiger charge is 2.14. The van der Waals surface area contributed by atoms with Crippen LogP contribution < -0.4 is 0 Å². The quantitative estimate of drug-likeness (QED) is 0.315. The first kappa shape index (κ1) is 31.9. The number of carbonyl (C=O) groups is 1. The first-order chi connectivity index (χ1) is 16.0. The molecule has 0 aliphatic carbocycles. The van der Waals surface area contributed by atoms with E-state index in [1.165, 1.54) is 37.6 Å². The van der Waals surface area contributed by atoms with Crippen molar-refractivity contribution in [2.24, 2.45) is 7.05 Å². The Morgan fingerprint density at radius 1 is 1.12 bits per heavy atom. The van der Waals surface area contributed by atoms with Gasteiger partial charge in [0.15, 0.2) is 5.78 Å². The highest BCUT2D eigenvalue weighted by molar-refractivity contribution is 6.31. The van der Waals surface area contributed by atoms with Gasteiger partial charge in [-0.25, -0.2) is 4.39 Å². The van der Waals surface area contributed by atoms with Crippen LogP contribution in [0.4, 0.5) is 4.39 Å². The van der Waals surface area contributed by atoms with Crippen LogP contribution in [0.25, 0.3) is 0 Å². The largest absolute Gasteiger partial charge is 0.376 e. The number of Topliss-reactive ketones (excluding diaryl/α,β-unsaturated/α-hetero) is 1. The number of rotatable bonds is 10. The minimum atomic E-state index is -0.213. The first-order valence-corrected chi connectivity index (χ1v) is 12.8. The number of aryl methyl sites for hydroxylation is 2. The van der Waals surface area contributed by atoms with Gasteiger partial charge in [-0.15, -0.1) is 0 Å². The molecule has 2 aromatic rings. The third-order valence-corrected chi connectivity index (χ3v) is 5.79. The fourth-order valence-electron chi connectivity index (χ4n) is 3.63. The number of unbranched alkanes of at least 4 members (excludes halogenated alkanes) is 1. The molecule has 34 heavy (non-hydrogen) atoms. The molecule has 2 rings (SSSR count). The lowest BCUT2D eigenvalue weighted by Crippen LogP contribution is -2.23. The van der Waals surface area contributed by atoms with Gasteiger partial charge in [0, 0.05) is 48.9 Å². The van der Waals surface area contributed by atoms with Gasteiger partial charge in [0.1, 0.15) is 11.5 Å². The normalized spacial score (nSPS) is 10.1. The molecule has 4 nitrogen and oxygen atoms in total. The molecule has 1 aromatic heterocycles. The van der Waals surface area contributed by atoms with Crippen molar-refractivity contribution in [1.29, 1.82) is 0 Å². The lowest BCUT2D eigenvalue weighted by molar-refractivity contribution is 0.100. The molecule has 1 aromatic carbocycles. The lowest BCUT2D eigenvalue weighted by Gasteiger charge is -2.23. The number of ketones is 1. The summed E-state index contributed by atoms with van der Waals surface area (Å²) in [7, 11) is 1.82. The molecule has 0 saturated carbocycles. The van der Waals surface area contributed by atoms with Gasteiger partial charge < -0.3 is 4.90 Å². The van der Waals surface area contributed by atoms with Gasteiger partial charge in [-0.1, -0.05) is 64.8 Å². The molecular formula is C28H45ClFN3O. The smallest absolute Gasteiger partial charge is 0.178 e. The monoisotopic (exact) mass is 493 g/mol. The van der Waals surface area contributed by atoms with Gasteiger partial charge in [-0.3, -0.25) is 9.48 Å².